The van der Waals surface area contributed by atoms with Gasteiger partial charge in [-0.3, -0.25) is 9.78 Å². The average Bonchev–Trinajstić information content (AvgIpc) is 3.04. The number of esters is 1. The van der Waals surface area contributed by atoms with Crippen LogP contribution in [0.15, 0.2) is 48.7 Å². The van der Waals surface area contributed by atoms with E-state index in [9.17, 15) is 9.18 Å². The Balaban J connectivity index is 1.39. The molecule has 3 fully saturated rings. The van der Waals surface area contributed by atoms with Gasteiger partial charge in [-0.1, -0.05) is 24.3 Å². The van der Waals surface area contributed by atoms with Gasteiger partial charge < -0.3 is 10.5 Å². The molecule has 7 atom stereocenters. The minimum Gasteiger partial charge on any atom is -0.462 e. The fourth-order valence-corrected chi connectivity index (χ4v) is 6.20. The molecule has 5 heteroatoms. The van der Waals surface area contributed by atoms with Gasteiger partial charge in [0.25, 0.3) is 0 Å². The predicted octanol–water partition coefficient (Wildman–Crippen LogP) is 4.84. The third-order valence-corrected chi connectivity index (χ3v) is 7.62. The summed E-state index contributed by atoms with van der Waals surface area (Å²) in [6.45, 7) is 2.03. The van der Waals surface area contributed by atoms with Gasteiger partial charge in [0.1, 0.15) is 11.9 Å². The van der Waals surface area contributed by atoms with Crippen LogP contribution < -0.4 is 5.73 Å². The van der Waals surface area contributed by atoms with Crippen molar-refractivity contribution in [1.82, 2.24) is 4.98 Å². The van der Waals surface area contributed by atoms with Crippen molar-refractivity contribution in [1.29, 1.82) is 0 Å². The van der Waals surface area contributed by atoms with Crippen molar-refractivity contribution in [2.45, 2.75) is 44.8 Å². The molecular formula is C26H29FN2O2. The number of pyridine rings is 1. The van der Waals surface area contributed by atoms with Crippen LogP contribution in [0, 0.1) is 35.4 Å². The Morgan fingerprint density at radius 3 is 2.81 bits per heavy atom. The number of hydrogen-bond donors (Lipinski definition) is 1. The molecule has 0 radical (unpaired) electrons. The van der Waals surface area contributed by atoms with Crippen LogP contribution in [0.5, 0.6) is 0 Å². The molecule has 0 bridgehead atoms. The summed E-state index contributed by atoms with van der Waals surface area (Å²) < 4.78 is 19.2. The first-order valence-electron chi connectivity index (χ1n) is 11.4. The molecule has 7 unspecified atom stereocenters. The number of benzene rings is 1. The van der Waals surface area contributed by atoms with Gasteiger partial charge >= 0.3 is 5.97 Å². The highest BCUT2D eigenvalue weighted by atomic mass is 19.1. The van der Waals surface area contributed by atoms with Crippen molar-refractivity contribution >= 4 is 12.0 Å². The Hall–Kier alpha value is -2.53. The van der Waals surface area contributed by atoms with Crippen molar-refractivity contribution in [2.24, 2.45) is 35.3 Å². The van der Waals surface area contributed by atoms with E-state index in [2.05, 4.69) is 17.1 Å². The number of nitrogens with zero attached hydrogens (tertiary/aromatic N) is 1. The lowest BCUT2D eigenvalue weighted by Gasteiger charge is -2.47. The smallest absolute Gasteiger partial charge is 0.309 e. The number of rotatable bonds is 3. The van der Waals surface area contributed by atoms with Gasteiger partial charge in [-0.05, 0) is 80.2 Å². The summed E-state index contributed by atoms with van der Waals surface area (Å²) in [5.41, 5.74) is 8.82. The lowest BCUT2D eigenvalue weighted by Crippen LogP contribution is -2.46. The molecule has 4 nitrogen and oxygen atoms in total. The molecule has 1 saturated heterocycles. The average molecular weight is 421 g/mol. The Kier molecular flexibility index (Phi) is 5.39. The number of hydrogen-bond acceptors (Lipinski definition) is 4. The Bertz CT molecular complexity index is 989. The summed E-state index contributed by atoms with van der Waals surface area (Å²) >= 11 is 0. The second kappa shape index (κ2) is 8.19. The Morgan fingerprint density at radius 1 is 1.16 bits per heavy atom. The number of halogens is 1. The Labute approximate surface area is 182 Å². The van der Waals surface area contributed by atoms with E-state index in [0.717, 1.165) is 42.5 Å². The molecule has 2 N–H and O–H groups in total. The van der Waals surface area contributed by atoms with Crippen molar-refractivity contribution in [2.75, 3.05) is 0 Å². The number of carbonyl (C=O) groups excluding carboxylic acids is 1. The number of nitrogens with two attached hydrogens (primary N) is 1. The molecule has 5 rings (SSSR count). The van der Waals surface area contributed by atoms with Crippen LogP contribution in [0.2, 0.25) is 0 Å². The maximum absolute atomic E-state index is 13.5. The van der Waals surface area contributed by atoms with Crippen molar-refractivity contribution < 1.29 is 13.9 Å². The summed E-state index contributed by atoms with van der Waals surface area (Å²) in [7, 11) is 0. The highest BCUT2D eigenvalue weighted by molar-refractivity contribution is 5.75. The van der Waals surface area contributed by atoms with Crippen molar-refractivity contribution in [3.63, 3.8) is 0 Å². The molecule has 31 heavy (non-hydrogen) atoms. The van der Waals surface area contributed by atoms with Crippen LogP contribution in [0.25, 0.3) is 17.2 Å². The highest BCUT2D eigenvalue weighted by Gasteiger charge is 2.54. The van der Waals surface area contributed by atoms with Crippen LogP contribution in [-0.2, 0) is 9.53 Å². The third-order valence-electron chi connectivity index (χ3n) is 7.62. The number of carbonyl (C=O) groups is 1. The largest absolute Gasteiger partial charge is 0.462 e. The Morgan fingerprint density at radius 2 is 2.03 bits per heavy atom. The van der Waals surface area contributed by atoms with E-state index >= 15 is 0 Å². The second-order valence-electron chi connectivity index (χ2n) is 9.48. The van der Waals surface area contributed by atoms with E-state index in [-0.39, 0.29) is 35.8 Å². The summed E-state index contributed by atoms with van der Waals surface area (Å²) in [6, 6.07) is 10.7. The monoisotopic (exact) mass is 420 g/mol. The molecule has 3 aliphatic rings. The molecule has 1 aromatic carbocycles. The van der Waals surface area contributed by atoms with E-state index < -0.39 is 0 Å². The van der Waals surface area contributed by atoms with Crippen LogP contribution in [0.1, 0.15) is 38.3 Å². The van der Waals surface area contributed by atoms with Gasteiger partial charge in [-0.15, -0.1) is 0 Å². The van der Waals surface area contributed by atoms with E-state index in [1.165, 1.54) is 12.1 Å². The summed E-state index contributed by atoms with van der Waals surface area (Å²) in [4.78, 5) is 17.1. The first-order valence-corrected chi connectivity index (χ1v) is 11.4. The molecular weight excluding hydrogens is 391 g/mol. The number of allylic oxidation sites excluding steroid dienone is 1. The zero-order valence-electron chi connectivity index (χ0n) is 17.8. The van der Waals surface area contributed by atoms with Gasteiger partial charge in [0.05, 0.1) is 11.6 Å². The van der Waals surface area contributed by atoms with Crippen LogP contribution >= 0.6 is 0 Å². The van der Waals surface area contributed by atoms with E-state index in [4.69, 9.17) is 10.5 Å². The number of ether oxygens (including phenoxy) is 1. The van der Waals surface area contributed by atoms with Crippen LogP contribution in [0.4, 0.5) is 4.39 Å². The first-order chi connectivity index (χ1) is 15.0. The topological polar surface area (TPSA) is 65.2 Å². The lowest BCUT2D eigenvalue weighted by atomic mass is 9.57. The number of aromatic nitrogens is 1. The summed E-state index contributed by atoms with van der Waals surface area (Å²) in [5.74, 6) is 1.25. The minimum atomic E-state index is -0.252. The van der Waals surface area contributed by atoms with Gasteiger partial charge in [-0.25, -0.2) is 4.39 Å². The fraction of sp³-hybridized carbons (Fsp3) is 0.462. The number of fused-ring (bicyclic) bond motifs is 2. The third kappa shape index (κ3) is 3.91. The molecule has 1 aliphatic heterocycles. The maximum atomic E-state index is 13.5. The maximum Gasteiger partial charge on any atom is 0.309 e. The van der Waals surface area contributed by atoms with Crippen LogP contribution in [-0.4, -0.2) is 23.1 Å². The zero-order valence-corrected chi connectivity index (χ0v) is 17.8. The van der Waals surface area contributed by atoms with E-state index in [1.54, 1.807) is 12.3 Å². The highest BCUT2D eigenvalue weighted by Crippen LogP contribution is 2.53. The van der Waals surface area contributed by atoms with Gasteiger partial charge in [0.2, 0.25) is 0 Å². The zero-order chi connectivity index (χ0) is 21.5. The SMILES string of the molecule is CC1OC(=O)C2CC3CC(N)CCC3C(/C=C/c3ccc(-c4cccc(F)c4)cn3)C12. The summed E-state index contributed by atoms with van der Waals surface area (Å²) in [6.07, 6.45) is 10.1. The quantitative estimate of drug-likeness (QED) is 0.722. The molecule has 162 valence electrons. The molecule has 2 heterocycles. The van der Waals surface area contributed by atoms with Gasteiger partial charge in [0.15, 0.2) is 0 Å². The normalized spacial score (nSPS) is 34.9. The molecule has 2 saturated carbocycles. The van der Waals surface area contributed by atoms with E-state index in [1.807, 2.05) is 25.1 Å². The molecule has 2 aromatic rings. The van der Waals surface area contributed by atoms with Gasteiger partial charge in [0, 0.05) is 23.7 Å². The minimum absolute atomic E-state index is 0.0143. The molecule has 2 aliphatic carbocycles. The van der Waals surface area contributed by atoms with Crippen molar-refractivity contribution in [3.05, 3.63) is 60.2 Å². The van der Waals surface area contributed by atoms with Crippen molar-refractivity contribution in [3.8, 4) is 11.1 Å². The first kappa shape index (κ1) is 20.4. The lowest BCUT2D eigenvalue weighted by molar-refractivity contribution is -0.144. The number of cyclic esters (lactones) is 1. The molecule has 1 aromatic heterocycles. The fourth-order valence-electron chi connectivity index (χ4n) is 6.20. The molecule has 0 amide bonds. The predicted molar refractivity (Wildman–Crippen MR) is 118 cm³/mol. The standard InChI is InChI=1S/C26H29FN2O2/c1-15-25-23(22-9-6-20(28)12-18(22)13-24(25)26(30)31-15)10-8-21-7-5-17(14-29-21)16-3-2-4-19(27)11-16/h2-5,7-8,10-11,14-15,18,20,22-25H,6,9,12-13,28H2,1H3/b10-8+. The van der Waals surface area contributed by atoms with E-state index in [0.29, 0.717) is 17.8 Å². The summed E-state index contributed by atoms with van der Waals surface area (Å²) in [5, 5.41) is 0. The van der Waals surface area contributed by atoms with Crippen LogP contribution in [0.3, 0.4) is 0 Å². The molecule has 0 spiro atoms. The second-order valence-corrected chi connectivity index (χ2v) is 9.48. The van der Waals surface area contributed by atoms with Gasteiger partial charge in [-0.2, -0.15) is 0 Å².